The second-order valence-corrected chi connectivity index (χ2v) is 6.05. The summed E-state index contributed by atoms with van der Waals surface area (Å²) in [6, 6.07) is 11.8. The van der Waals surface area contributed by atoms with Crippen LogP contribution in [0.4, 0.5) is 5.69 Å². The molecule has 2 aromatic carbocycles. The van der Waals surface area contributed by atoms with Gasteiger partial charge in [0.05, 0.1) is 22.3 Å². The lowest BCUT2D eigenvalue weighted by molar-refractivity contribution is -0.127. The summed E-state index contributed by atoms with van der Waals surface area (Å²) in [6.07, 6.45) is 0. The van der Waals surface area contributed by atoms with Gasteiger partial charge in [-0.05, 0) is 24.3 Å². The van der Waals surface area contributed by atoms with E-state index in [1.807, 2.05) is 6.07 Å². The van der Waals surface area contributed by atoms with Gasteiger partial charge in [0.25, 0.3) is 11.8 Å². The maximum atomic E-state index is 11.7. The van der Waals surface area contributed by atoms with Crippen LogP contribution in [0.25, 0.3) is 0 Å². The van der Waals surface area contributed by atoms with Crippen LogP contribution in [0, 0.1) is 0 Å². The molecule has 2 aromatic rings. The predicted molar refractivity (Wildman–Crippen MR) is 98.2 cm³/mol. The molecular formula is C16H14Cl3N3O3. The minimum atomic E-state index is -0.491. The largest absolute Gasteiger partial charge is 0.484 e. The van der Waals surface area contributed by atoms with Gasteiger partial charge in [-0.3, -0.25) is 20.4 Å². The SMILES string of the molecule is O=C(COc1ccccc1)NCC(=O)NNc1c(Cl)cc(Cl)cc1Cl. The fourth-order valence-corrected chi connectivity index (χ4v) is 2.64. The molecule has 0 bridgehead atoms. The number of amides is 2. The van der Waals surface area contributed by atoms with Crippen molar-refractivity contribution < 1.29 is 14.3 Å². The molecule has 0 saturated carbocycles. The van der Waals surface area contributed by atoms with Crippen LogP contribution >= 0.6 is 34.8 Å². The maximum Gasteiger partial charge on any atom is 0.258 e. The lowest BCUT2D eigenvalue weighted by Crippen LogP contribution is -2.41. The Morgan fingerprint density at radius 2 is 1.60 bits per heavy atom. The van der Waals surface area contributed by atoms with Gasteiger partial charge in [-0.1, -0.05) is 53.0 Å². The molecule has 0 heterocycles. The highest BCUT2D eigenvalue weighted by Crippen LogP contribution is 2.32. The van der Waals surface area contributed by atoms with Crippen molar-refractivity contribution in [2.24, 2.45) is 0 Å². The third-order valence-electron chi connectivity index (χ3n) is 2.89. The number of hydrazine groups is 1. The quantitative estimate of drug-likeness (QED) is 0.621. The van der Waals surface area contributed by atoms with E-state index in [0.717, 1.165) is 0 Å². The Kier molecular flexibility index (Phi) is 7.18. The molecular weight excluding hydrogens is 389 g/mol. The molecule has 6 nitrogen and oxygen atoms in total. The van der Waals surface area contributed by atoms with Crippen LogP contribution in [0.5, 0.6) is 5.75 Å². The second kappa shape index (κ2) is 9.36. The minimum absolute atomic E-state index is 0.195. The molecule has 0 unspecified atom stereocenters. The van der Waals surface area contributed by atoms with Crippen molar-refractivity contribution in [3.8, 4) is 5.75 Å². The molecule has 0 fully saturated rings. The van der Waals surface area contributed by atoms with Crippen molar-refractivity contribution in [2.45, 2.75) is 0 Å². The highest BCUT2D eigenvalue weighted by Gasteiger charge is 2.10. The average molecular weight is 403 g/mol. The van der Waals surface area contributed by atoms with Gasteiger partial charge in [0.2, 0.25) is 0 Å². The Balaban J connectivity index is 1.73. The van der Waals surface area contributed by atoms with Crippen LogP contribution in [0.1, 0.15) is 0 Å². The number of benzene rings is 2. The molecule has 0 atom stereocenters. The Hall–Kier alpha value is -2.15. The maximum absolute atomic E-state index is 11.7. The van der Waals surface area contributed by atoms with Crippen molar-refractivity contribution in [2.75, 3.05) is 18.6 Å². The molecule has 3 N–H and O–H groups in total. The molecule has 0 radical (unpaired) electrons. The van der Waals surface area contributed by atoms with E-state index >= 15 is 0 Å². The highest BCUT2D eigenvalue weighted by atomic mass is 35.5. The summed E-state index contributed by atoms with van der Waals surface area (Å²) in [4.78, 5) is 23.4. The van der Waals surface area contributed by atoms with Crippen molar-refractivity contribution >= 4 is 52.3 Å². The van der Waals surface area contributed by atoms with Crippen LogP contribution in [0.15, 0.2) is 42.5 Å². The minimum Gasteiger partial charge on any atom is -0.484 e. The van der Waals surface area contributed by atoms with Gasteiger partial charge in [0.1, 0.15) is 5.75 Å². The van der Waals surface area contributed by atoms with Crippen molar-refractivity contribution in [1.82, 2.24) is 10.7 Å². The molecule has 0 spiro atoms. The normalized spacial score (nSPS) is 10.0. The summed E-state index contributed by atoms with van der Waals surface area (Å²) < 4.78 is 5.27. The number of carbonyl (C=O) groups is 2. The lowest BCUT2D eigenvalue weighted by atomic mass is 10.3. The van der Waals surface area contributed by atoms with Gasteiger partial charge in [0, 0.05) is 5.02 Å². The fraction of sp³-hybridized carbons (Fsp3) is 0.125. The van der Waals surface area contributed by atoms with E-state index < -0.39 is 11.8 Å². The molecule has 0 saturated heterocycles. The molecule has 0 aliphatic carbocycles. The fourth-order valence-electron chi connectivity index (χ4n) is 1.73. The van der Waals surface area contributed by atoms with Crippen LogP contribution in [0.3, 0.4) is 0 Å². The Morgan fingerprint density at radius 3 is 2.24 bits per heavy atom. The number of ether oxygens (including phenoxy) is 1. The number of rotatable bonds is 7. The first-order valence-corrected chi connectivity index (χ1v) is 8.23. The smallest absolute Gasteiger partial charge is 0.258 e. The van der Waals surface area contributed by atoms with Crippen LogP contribution in [0.2, 0.25) is 15.1 Å². The van der Waals surface area contributed by atoms with Crippen molar-refractivity contribution in [3.63, 3.8) is 0 Å². The van der Waals surface area contributed by atoms with E-state index in [1.165, 1.54) is 12.1 Å². The third kappa shape index (κ3) is 6.34. The Labute approximate surface area is 159 Å². The van der Waals surface area contributed by atoms with Crippen LogP contribution < -0.4 is 20.9 Å². The van der Waals surface area contributed by atoms with Gasteiger partial charge >= 0.3 is 0 Å². The summed E-state index contributed by atoms with van der Waals surface area (Å²) in [5, 5.41) is 3.29. The summed E-state index contributed by atoms with van der Waals surface area (Å²) in [6.45, 7) is -0.438. The first-order chi connectivity index (χ1) is 12.0. The number of nitrogens with one attached hydrogen (secondary N) is 3. The van der Waals surface area contributed by atoms with E-state index in [9.17, 15) is 9.59 Å². The molecule has 2 amide bonds. The first kappa shape index (κ1) is 19.2. The molecule has 0 aromatic heterocycles. The summed E-state index contributed by atoms with van der Waals surface area (Å²) >= 11 is 17.8. The number of halogens is 3. The monoisotopic (exact) mass is 401 g/mol. The van der Waals surface area contributed by atoms with Gasteiger partial charge < -0.3 is 10.1 Å². The van der Waals surface area contributed by atoms with E-state index in [2.05, 4.69) is 16.2 Å². The number of hydrogen-bond donors (Lipinski definition) is 3. The number of hydrogen-bond acceptors (Lipinski definition) is 4. The highest BCUT2D eigenvalue weighted by molar-refractivity contribution is 6.41. The zero-order valence-electron chi connectivity index (χ0n) is 12.8. The van der Waals surface area contributed by atoms with E-state index in [1.54, 1.807) is 24.3 Å². The van der Waals surface area contributed by atoms with Gasteiger partial charge in [-0.15, -0.1) is 0 Å². The molecule has 9 heteroatoms. The second-order valence-electron chi connectivity index (χ2n) is 4.80. The van der Waals surface area contributed by atoms with E-state index in [0.29, 0.717) is 16.5 Å². The summed E-state index contributed by atoms with van der Waals surface area (Å²) in [7, 11) is 0. The molecule has 0 aliphatic heterocycles. The standard InChI is InChI=1S/C16H14Cl3N3O3/c17-10-6-12(18)16(13(19)7-10)22-21-14(23)8-20-15(24)9-25-11-4-2-1-3-5-11/h1-7,22H,8-9H2,(H,20,24)(H,21,23). The van der Waals surface area contributed by atoms with Gasteiger partial charge in [-0.25, -0.2) is 0 Å². The molecule has 2 rings (SSSR count). The number of anilines is 1. The molecule has 0 aliphatic rings. The zero-order chi connectivity index (χ0) is 18.2. The predicted octanol–water partition coefficient (Wildman–Crippen LogP) is 3.29. The number of para-hydroxylation sites is 1. The topological polar surface area (TPSA) is 79.5 Å². The van der Waals surface area contributed by atoms with Gasteiger partial charge in [0.15, 0.2) is 6.61 Å². The van der Waals surface area contributed by atoms with E-state index in [4.69, 9.17) is 39.5 Å². The molecule has 25 heavy (non-hydrogen) atoms. The summed E-state index contributed by atoms with van der Waals surface area (Å²) in [5.74, 6) is -0.354. The summed E-state index contributed by atoms with van der Waals surface area (Å²) in [5.41, 5.74) is 5.26. The van der Waals surface area contributed by atoms with Gasteiger partial charge in [-0.2, -0.15) is 0 Å². The third-order valence-corrected chi connectivity index (χ3v) is 3.71. The lowest BCUT2D eigenvalue weighted by Gasteiger charge is -2.12. The van der Waals surface area contributed by atoms with Crippen LogP contribution in [-0.2, 0) is 9.59 Å². The Bertz CT molecular complexity index is 734. The Morgan fingerprint density at radius 1 is 0.960 bits per heavy atom. The van der Waals surface area contributed by atoms with Crippen molar-refractivity contribution in [1.29, 1.82) is 0 Å². The number of carbonyl (C=O) groups excluding carboxylic acids is 2. The van der Waals surface area contributed by atoms with Crippen molar-refractivity contribution in [3.05, 3.63) is 57.5 Å². The zero-order valence-corrected chi connectivity index (χ0v) is 15.1. The van der Waals surface area contributed by atoms with E-state index in [-0.39, 0.29) is 23.2 Å². The average Bonchev–Trinajstić information content (AvgIpc) is 2.58. The molecule has 132 valence electrons. The van der Waals surface area contributed by atoms with Crippen LogP contribution in [-0.4, -0.2) is 25.0 Å². The first-order valence-electron chi connectivity index (χ1n) is 7.09.